The van der Waals surface area contributed by atoms with Crippen LogP contribution in [0.15, 0.2) is 82.9 Å². The molecule has 4 N–H and O–H groups in total. The summed E-state index contributed by atoms with van der Waals surface area (Å²) < 4.78 is 0. The molecule has 0 aliphatic heterocycles. The van der Waals surface area contributed by atoms with Gasteiger partial charge in [0.05, 0.1) is 12.1 Å². The van der Waals surface area contributed by atoms with Gasteiger partial charge in [0.15, 0.2) is 5.17 Å². The van der Waals surface area contributed by atoms with Gasteiger partial charge in [-0.25, -0.2) is 0 Å². The normalized spacial score (nSPS) is 10.3. The molecule has 0 saturated carbocycles. The first-order chi connectivity index (χ1) is 16.6. The third-order valence-electron chi connectivity index (χ3n) is 4.78. The topological polar surface area (TPSA) is 96.0 Å². The molecule has 8 heteroatoms. The molecule has 2 aromatic rings. The maximum Gasteiger partial charge on any atom is 0.249 e. The number of rotatable bonds is 13. The largest absolute Gasteiger partial charge is 0.399 e. The van der Waals surface area contributed by atoms with Crippen molar-refractivity contribution in [2.75, 3.05) is 5.73 Å². The minimum absolute atomic E-state index is 0.0337. The van der Waals surface area contributed by atoms with Crippen molar-refractivity contribution >= 4 is 53.2 Å². The number of thioether (sulfide) groups is 2. The Hall–Kier alpha value is -2.97. The smallest absolute Gasteiger partial charge is 0.249 e. The molecule has 5 nitrogen and oxygen atoms in total. The van der Waals surface area contributed by atoms with Gasteiger partial charge in [-0.2, -0.15) is 0 Å². The molecule has 0 aromatic heterocycles. The van der Waals surface area contributed by atoms with E-state index >= 15 is 0 Å². The fourth-order valence-electron chi connectivity index (χ4n) is 3.28. The minimum Gasteiger partial charge on any atom is -0.399 e. The number of benzene rings is 2. The number of aryl methyl sites for hydroxylation is 1. The SMILES string of the molecule is C=C([B]C(=O)Cc1cccc(N)c1)SC(=C)CCCC(=C)SC(=N)NC(=O)Cc1cccc(C)c1. The molecule has 35 heavy (non-hydrogen) atoms. The molecule has 0 unspecified atom stereocenters. The van der Waals surface area contributed by atoms with E-state index in [4.69, 9.17) is 11.1 Å². The summed E-state index contributed by atoms with van der Waals surface area (Å²) in [4.78, 5) is 26.8. The highest BCUT2D eigenvalue weighted by atomic mass is 32.2. The van der Waals surface area contributed by atoms with Gasteiger partial charge in [-0.15, -0.1) is 11.8 Å². The fraction of sp³-hybridized carbons (Fsp3) is 0.222. The van der Waals surface area contributed by atoms with E-state index in [0.29, 0.717) is 16.9 Å². The summed E-state index contributed by atoms with van der Waals surface area (Å²) in [6.07, 6.45) is 2.73. The van der Waals surface area contributed by atoms with E-state index in [-0.39, 0.29) is 29.6 Å². The number of hydrogen-bond acceptors (Lipinski definition) is 6. The Morgan fingerprint density at radius 2 is 1.60 bits per heavy atom. The third kappa shape index (κ3) is 11.8. The van der Waals surface area contributed by atoms with Gasteiger partial charge in [0.1, 0.15) is 0 Å². The Balaban J connectivity index is 1.61. The summed E-state index contributed by atoms with van der Waals surface area (Å²) in [6.45, 7) is 14.0. The maximum absolute atomic E-state index is 12.3. The summed E-state index contributed by atoms with van der Waals surface area (Å²) in [5, 5.41) is 10.7. The van der Waals surface area contributed by atoms with Gasteiger partial charge in [0.2, 0.25) is 13.2 Å². The Bertz CT molecular complexity index is 1040. The van der Waals surface area contributed by atoms with Crippen LogP contribution in [0.25, 0.3) is 0 Å². The predicted molar refractivity (Wildman–Crippen MR) is 153 cm³/mol. The van der Waals surface area contributed by atoms with E-state index in [0.717, 1.165) is 51.1 Å². The summed E-state index contributed by atoms with van der Waals surface area (Å²) in [6, 6.07) is 15.0. The quantitative estimate of drug-likeness (QED) is 0.139. The Labute approximate surface area is 217 Å². The second-order valence-electron chi connectivity index (χ2n) is 8.18. The van der Waals surface area contributed by atoms with Gasteiger partial charge in [-0.3, -0.25) is 10.2 Å². The first-order valence-electron chi connectivity index (χ1n) is 11.2. The molecule has 0 saturated heterocycles. The van der Waals surface area contributed by atoms with Crippen LogP contribution in [0.5, 0.6) is 0 Å². The van der Waals surface area contributed by atoms with Crippen LogP contribution in [0.2, 0.25) is 0 Å². The summed E-state index contributed by atoms with van der Waals surface area (Å²) >= 11 is 2.55. The lowest BCUT2D eigenvalue weighted by Crippen LogP contribution is -2.29. The monoisotopic (exact) mass is 504 g/mol. The molecule has 0 heterocycles. The minimum atomic E-state index is -0.217. The fourth-order valence-corrected chi connectivity index (χ4v) is 4.79. The third-order valence-corrected chi connectivity index (χ3v) is 6.46. The Morgan fingerprint density at radius 1 is 0.971 bits per heavy atom. The molecule has 1 radical (unpaired) electrons. The average molecular weight is 505 g/mol. The highest BCUT2D eigenvalue weighted by Crippen LogP contribution is 2.28. The van der Waals surface area contributed by atoms with Crippen molar-refractivity contribution in [1.82, 2.24) is 5.32 Å². The lowest BCUT2D eigenvalue weighted by Gasteiger charge is -2.10. The highest BCUT2D eigenvalue weighted by Gasteiger charge is 2.12. The molecule has 2 rings (SSSR count). The van der Waals surface area contributed by atoms with Crippen LogP contribution < -0.4 is 11.1 Å². The number of allylic oxidation sites excluding steroid dienone is 2. The number of nitrogens with two attached hydrogens (primary N) is 1. The summed E-state index contributed by atoms with van der Waals surface area (Å²) in [7, 11) is 1.54. The standard InChI is InChI=1S/C27H31BN3O2S2/c1-18-8-5-11-22(14-18)17-26(33)31-27(30)35-20(3)10-6-9-19(2)34-21(4)28-25(32)16-23-12-7-13-24(29)15-23/h5,7-8,11-15H,2-4,6,9-10,16-17,29H2,1H3,(H2,30,31,33). The Morgan fingerprint density at radius 3 is 2.26 bits per heavy atom. The Kier molecular flexibility index (Phi) is 11.7. The first-order valence-corrected chi connectivity index (χ1v) is 12.8. The first kappa shape index (κ1) is 28.3. The molecule has 0 spiro atoms. The van der Waals surface area contributed by atoms with Crippen molar-refractivity contribution in [2.45, 2.75) is 39.0 Å². The molecule has 0 aliphatic rings. The molecule has 0 fully saturated rings. The molecule has 1 amide bonds. The van der Waals surface area contributed by atoms with Crippen LogP contribution >= 0.6 is 23.5 Å². The van der Waals surface area contributed by atoms with Crippen molar-refractivity contribution < 1.29 is 9.59 Å². The van der Waals surface area contributed by atoms with Crippen LogP contribution in [-0.4, -0.2) is 24.0 Å². The molecule has 2 aromatic carbocycles. The van der Waals surface area contributed by atoms with E-state index in [9.17, 15) is 9.59 Å². The molecule has 181 valence electrons. The number of hydrogen-bond donors (Lipinski definition) is 3. The number of nitrogen functional groups attached to an aromatic ring is 1. The number of carbonyl (C=O) groups excluding carboxylic acids is 2. The van der Waals surface area contributed by atoms with Gasteiger partial charge in [0, 0.05) is 12.1 Å². The zero-order chi connectivity index (χ0) is 25.8. The zero-order valence-electron chi connectivity index (χ0n) is 20.1. The van der Waals surface area contributed by atoms with E-state index < -0.39 is 0 Å². The molecule has 0 atom stereocenters. The van der Waals surface area contributed by atoms with Crippen LogP contribution in [0.3, 0.4) is 0 Å². The second kappa shape index (κ2) is 14.4. The molecule has 0 aliphatic carbocycles. The van der Waals surface area contributed by atoms with E-state index in [1.807, 2.05) is 43.3 Å². The molecule has 0 bridgehead atoms. The van der Waals surface area contributed by atoms with Crippen LogP contribution in [0, 0.1) is 12.3 Å². The lowest BCUT2D eigenvalue weighted by atomic mass is 9.71. The van der Waals surface area contributed by atoms with Gasteiger partial charge in [-0.05, 0) is 64.1 Å². The maximum atomic E-state index is 12.3. The highest BCUT2D eigenvalue weighted by molar-refractivity contribution is 8.17. The van der Waals surface area contributed by atoms with Crippen molar-refractivity contribution in [3.05, 3.63) is 99.6 Å². The van der Waals surface area contributed by atoms with E-state index in [1.54, 1.807) is 12.1 Å². The zero-order valence-corrected chi connectivity index (χ0v) is 21.7. The van der Waals surface area contributed by atoms with Crippen LogP contribution in [0.4, 0.5) is 5.69 Å². The average Bonchev–Trinajstić information content (AvgIpc) is 2.73. The number of amides is 1. The number of nitrogens with one attached hydrogen (secondary N) is 2. The van der Waals surface area contributed by atoms with Gasteiger partial charge in [-0.1, -0.05) is 73.5 Å². The molecular formula is C27H31BN3O2S2. The number of anilines is 1. The van der Waals surface area contributed by atoms with Gasteiger partial charge >= 0.3 is 0 Å². The lowest BCUT2D eigenvalue weighted by molar-refractivity contribution is -0.119. The van der Waals surface area contributed by atoms with Crippen LogP contribution in [-0.2, 0) is 22.4 Å². The number of carbonyl (C=O) groups is 2. The summed E-state index contributed by atoms with van der Waals surface area (Å²) in [5.41, 5.74) is 9.24. The van der Waals surface area contributed by atoms with Crippen molar-refractivity contribution in [1.29, 1.82) is 5.41 Å². The predicted octanol–water partition coefficient (Wildman–Crippen LogP) is 5.78. The van der Waals surface area contributed by atoms with Crippen molar-refractivity contribution in [3.8, 4) is 0 Å². The van der Waals surface area contributed by atoms with Crippen molar-refractivity contribution in [2.24, 2.45) is 0 Å². The summed E-state index contributed by atoms with van der Waals surface area (Å²) in [5.74, 6) is -0.217. The number of amidine groups is 1. The second-order valence-corrected chi connectivity index (χ2v) is 10.7. The van der Waals surface area contributed by atoms with Crippen molar-refractivity contribution in [3.63, 3.8) is 0 Å². The van der Waals surface area contributed by atoms with Crippen LogP contribution in [0.1, 0.15) is 36.0 Å². The van der Waals surface area contributed by atoms with E-state index in [2.05, 4.69) is 25.1 Å². The van der Waals surface area contributed by atoms with E-state index in [1.165, 1.54) is 19.0 Å². The van der Waals surface area contributed by atoms with Gasteiger partial charge < -0.3 is 15.8 Å². The molecular weight excluding hydrogens is 473 g/mol. The van der Waals surface area contributed by atoms with Gasteiger partial charge in [0.25, 0.3) is 0 Å².